The van der Waals surface area contributed by atoms with Gasteiger partial charge in [0.2, 0.25) is 11.5 Å². The van der Waals surface area contributed by atoms with Crippen LogP contribution in [0.2, 0.25) is 0 Å². The Labute approximate surface area is 124 Å². The van der Waals surface area contributed by atoms with Gasteiger partial charge in [0.1, 0.15) is 0 Å². The third kappa shape index (κ3) is 2.41. The molecule has 0 amide bonds. The van der Waals surface area contributed by atoms with Crippen molar-refractivity contribution in [3.63, 3.8) is 0 Å². The summed E-state index contributed by atoms with van der Waals surface area (Å²) in [6.07, 6.45) is -0.347. The van der Waals surface area contributed by atoms with Crippen LogP contribution >= 0.6 is 0 Å². The second-order valence-electron chi connectivity index (χ2n) is 4.59. The molecule has 112 valence electrons. The Morgan fingerprint density at radius 3 is 2.68 bits per heavy atom. The third-order valence-corrected chi connectivity index (χ3v) is 3.22. The maximum absolute atomic E-state index is 10.6. The second-order valence-corrected chi connectivity index (χ2v) is 4.59. The average molecular weight is 300 g/mol. The number of fused-ring (bicyclic) bond motifs is 1. The fourth-order valence-corrected chi connectivity index (χ4v) is 2.22. The van der Waals surface area contributed by atoms with Gasteiger partial charge in [-0.3, -0.25) is 4.57 Å². The standard InChI is InChI=1S/C14H12N4O4/c1-8(9-5-3-2-4-6-9)18-12-11(17-13(18)19)15-7-10(16-12)22-14(20)21/h2-8H,1H3,(H,20,21)(H,15,17,19)/t8-/m0/s1. The molecule has 8 heteroatoms. The molecule has 0 radical (unpaired) electrons. The molecule has 0 spiro atoms. The number of ether oxygens (including phenoxy) is 1. The number of nitrogens with zero attached hydrogens (tertiary/aromatic N) is 4. The smallest absolute Gasteiger partial charge is 0.480 e. The molecule has 2 aromatic heterocycles. The monoisotopic (exact) mass is 300 g/mol. The SMILES string of the molecule is C[C@@H](c1ccccc1)n1c(O)nc2ncc(OC(=O)O)nc21. The van der Waals surface area contributed by atoms with E-state index in [1.807, 2.05) is 37.3 Å². The van der Waals surface area contributed by atoms with Gasteiger partial charge in [0.15, 0.2) is 5.65 Å². The van der Waals surface area contributed by atoms with Crippen LogP contribution in [0.3, 0.4) is 0 Å². The van der Waals surface area contributed by atoms with Crippen molar-refractivity contribution in [2.45, 2.75) is 13.0 Å². The van der Waals surface area contributed by atoms with E-state index in [4.69, 9.17) is 5.11 Å². The highest BCUT2D eigenvalue weighted by Crippen LogP contribution is 2.28. The molecule has 1 atom stereocenters. The van der Waals surface area contributed by atoms with Gasteiger partial charge in [-0.2, -0.15) is 9.97 Å². The number of imidazole rings is 1. The molecule has 0 aliphatic heterocycles. The van der Waals surface area contributed by atoms with Crippen LogP contribution in [0.1, 0.15) is 18.5 Å². The summed E-state index contributed by atoms with van der Waals surface area (Å²) in [4.78, 5) is 22.5. The molecule has 2 heterocycles. The van der Waals surface area contributed by atoms with Crippen molar-refractivity contribution < 1.29 is 19.7 Å². The number of benzene rings is 1. The Bertz CT molecular complexity index is 831. The van der Waals surface area contributed by atoms with E-state index in [1.165, 1.54) is 4.57 Å². The van der Waals surface area contributed by atoms with Crippen LogP contribution in [-0.2, 0) is 0 Å². The van der Waals surface area contributed by atoms with Gasteiger partial charge < -0.3 is 14.9 Å². The van der Waals surface area contributed by atoms with Gasteiger partial charge in [-0.1, -0.05) is 30.3 Å². The number of hydrogen-bond donors (Lipinski definition) is 2. The van der Waals surface area contributed by atoms with E-state index >= 15 is 0 Å². The minimum atomic E-state index is -1.49. The van der Waals surface area contributed by atoms with E-state index < -0.39 is 6.16 Å². The first-order chi connectivity index (χ1) is 10.6. The highest BCUT2D eigenvalue weighted by Gasteiger charge is 2.20. The molecule has 0 fully saturated rings. The summed E-state index contributed by atoms with van der Waals surface area (Å²) in [5.74, 6) is -0.179. The zero-order valence-corrected chi connectivity index (χ0v) is 11.5. The van der Waals surface area contributed by atoms with Crippen LogP contribution in [0.5, 0.6) is 11.9 Å². The average Bonchev–Trinajstić information content (AvgIpc) is 2.82. The number of rotatable bonds is 3. The van der Waals surface area contributed by atoms with Crippen molar-refractivity contribution in [3.8, 4) is 11.9 Å². The van der Waals surface area contributed by atoms with E-state index in [0.29, 0.717) is 0 Å². The molecule has 2 N–H and O–H groups in total. The molecule has 0 aliphatic rings. The summed E-state index contributed by atoms with van der Waals surface area (Å²) in [7, 11) is 0. The van der Waals surface area contributed by atoms with Crippen LogP contribution in [-0.4, -0.2) is 35.9 Å². The third-order valence-electron chi connectivity index (χ3n) is 3.22. The zero-order chi connectivity index (χ0) is 15.7. The molecule has 3 rings (SSSR count). The number of aromatic nitrogens is 4. The molecule has 22 heavy (non-hydrogen) atoms. The lowest BCUT2D eigenvalue weighted by atomic mass is 10.1. The van der Waals surface area contributed by atoms with Crippen molar-refractivity contribution in [2.24, 2.45) is 0 Å². The number of aromatic hydroxyl groups is 1. The molecule has 0 saturated carbocycles. The molecule has 0 saturated heterocycles. The lowest BCUT2D eigenvalue weighted by Crippen LogP contribution is -2.09. The quantitative estimate of drug-likeness (QED) is 0.713. The van der Waals surface area contributed by atoms with Gasteiger partial charge in [0.25, 0.3) is 6.01 Å². The molecular formula is C14H12N4O4. The Balaban J connectivity index is 2.11. The molecular weight excluding hydrogens is 288 g/mol. The molecule has 1 aromatic carbocycles. The van der Waals surface area contributed by atoms with E-state index in [2.05, 4.69) is 19.7 Å². The molecule has 8 nitrogen and oxygen atoms in total. The van der Waals surface area contributed by atoms with Crippen molar-refractivity contribution >= 4 is 17.4 Å². The zero-order valence-electron chi connectivity index (χ0n) is 11.5. The maximum Gasteiger partial charge on any atom is 0.512 e. The topological polar surface area (TPSA) is 110 Å². The van der Waals surface area contributed by atoms with Crippen LogP contribution in [0.15, 0.2) is 36.5 Å². The van der Waals surface area contributed by atoms with Crippen LogP contribution < -0.4 is 4.74 Å². The Kier molecular flexibility index (Phi) is 3.34. The van der Waals surface area contributed by atoms with Gasteiger partial charge in [-0.25, -0.2) is 9.78 Å². The number of hydrogen-bond acceptors (Lipinski definition) is 6. The predicted octanol–water partition coefficient (Wildman–Crippen LogP) is 2.20. The first-order valence-electron chi connectivity index (χ1n) is 6.46. The van der Waals surface area contributed by atoms with Gasteiger partial charge in [0, 0.05) is 0 Å². The Morgan fingerprint density at radius 1 is 1.27 bits per heavy atom. The summed E-state index contributed by atoms with van der Waals surface area (Å²) in [6, 6.07) is 8.95. The summed E-state index contributed by atoms with van der Waals surface area (Å²) in [6.45, 7) is 1.86. The molecule has 0 unspecified atom stereocenters. The Hall–Kier alpha value is -3.16. The van der Waals surface area contributed by atoms with Crippen molar-refractivity contribution in [3.05, 3.63) is 42.1 Å². The van der Waals surface area contributed by atoms with E-state index in [1.54, 1.807) is 0 Å². The van der Waals surface area contributed by atoms with Crippen molar-refractivity contribution in [1.82, 2.24) is 19.5 Å². The normalized spacial score (nSPS) is 12.2. The summed E-state index contributed by atoms with van der Waals surface area (Å²) < 4.78 is 5.96. The van der Waals surface area contributed by atoms with Crippen LogP contribution in [0.4, 0.5) is 4.79 Å². The first kappa shape index (κ1) is 13.8. The van der Waals surface area contributed by atoms with E-state index in [9.17, 15) is 9.90 Å². The number of carboxylic acid groups (broad SMARTS) is 1. The highest BCUT2D eigenvalue weighted by atomic mass is 16.7. The number of carbonyl (C=O) groups is 1. The van der Waals surface area contributed by atoms with Crippen molar-refractivity contribution in [2.75, 3.05) is 0 Å². The Morgan fingerprint density at radius 2 is 2.00 bits per heavy atom. The lowest BCUT2D eigenvalue weighted by Gasteiger charge is -2.14. The second kappa shape index (κ2) is 5.32. The molecule has 0 aliphatic carbocycles. The van der Waals surface area contributed by atoms with Gasteiger partial charge in [0.05, 0.1) is 12.2 Å². The van der Waals surface area contributed by atoms with Crippen LogP contribution in [0.25, 0.3) is 11.3 Å². The molecule has 0 bridgehead atoms. The predicted molar refractivity (Wildman–Crippen MR) is 75.9 cm³/mol. The van der Waals surface area contributed by atoms with Crippen molar-refractivity contribution in [1.29, 1.82) is 0 Å². The largest absolute Gasteiger partial charge is 0.512 e. The van der Waals surface area contributed by atoms with Gasteiger partial charge in [-0.05, 0) is 12.5 Å². The first-order valence-corrected chi connectivity index (χ1v) is 6.46. The minimum absolute atomic E-state index is 0.179. The summed E-state index contributed by atoms with van der Waals surface area (Å²) in [5, 5.41) is 18.7. The summed E-state index contributed by atoms with van der Waals surface area (Å²) >= 11 is 0. The maximum atomic E-state index is 10.6. The summed E-state index contributed by atoms with van der Waals surface area (Å²) in [5.41, 5.74) is 1.38. The van der Waals surface area contributed by atoms with E-state index in [-0.39, 0.29) is 29.2 Å². The fourth-order valence-electron chi connectivity index (χ4n) is 2.22. The van der Waals surface area contributed by atoms with Gasteiger partial charge >= 0.3 is 6.16 Å². The minimum Gasteiger partial charge on any atom is -0.480 e. The van der Waals surface area contributed by atoms with Crippen LogP contribution in [0, 0.1) is 0 Å². The van der Waals surface area contributed by atoms with Gasteiger partial charge in [-0.15, -0.1) is 0 Å². The fraction of sp³-hybridized carbons (Fsp3) is 0.143. The van der Waals surface area contributed by atoms with E-state index in [0.717, 1.165) is 11.8 Å². The molecule has 3 aromatic rings. The lowest BCUT2D eigenvalue weighted by molar-refractivity contribution is 0.142. The highest BCUT2D eigenvalue weighted by molar-refractivity contribution is 5.69.